The van der Waals surface area contributed by atoms with Crippen molar-refractivity contribution in [2.45, 2.75) is 49.1 Å². The van der Waals surface area contributed by atoms with Crippen LogP contribution in [0.5, 0.6) is 0 Å². The third-order valence-corrected chi connectivity index (χ3v) is 6.30. The van der Waals surface area contributed by atoms with E-state index in [1.54, 1.807) is 0 Å². The van der Waals surface area contributed by atoms with Crippen LogP contribution < -0.4 is 16.8 Å². The minimum Gasteiger partial charge on any atom is -0.387 e. The maximum atomic E-state index is 12.6. The molecule has 0 saturated heterocycles. The first kappa shape index (κ1) is 22.7. The van der Waals surface area contributed by atoms with Gasteiger partial charge in [-0.05, 0) is 43.0 Å². The fourth-order valence-corrected chi connectivity index (χ4v) is 3.82. The van der Waals surface area contributed by atoms with E-state index in [0.29, 0.717) is 5.92 Å². The second-order valence-electron chi connectivity index (χ2n) is 6.90. The molecule has 0 bridgehead atoms. The molecule has 0 spiro atoms. The average Bonchev–Trinajstić information content (AvgIpc) is 2.62. The molecule has 0 aromatic heterocycles. The molecule has 160 valence electrons. The summed E-state index contributed by atoms with van der Waals surface area (Å²) in [5, 5.41) is 3.14. The predicted molar refractivity (Wildman–Crippen MR) is 103 cm³/mol. The lowest BCUT2D eigenvalue weighted by Crippen LogP contribution is -2.36. The summed E-state index contributed by atoms with van der Waals surface area (Å²) >= 11 is 0. The molecule has 0 radical (unpaired) electrons. The van der Waals surface area contributed by atoms with Gasteiger partial charge >= 0.3 is 5.51 Å². The Morgan fingerprint density at radius 3 is 2.28 bits per heavy atom. The van der Waals surface area contributed by atoms with Crippen molar-refractivity contribution >= 4 is 27.3 Å². The van der Waals surface area contributed by atoms with Gasteiger partial charge in [-0.2, -0.15) is 13.2 Å². The number of rotatable bonds is 6. The van der Waals surface area contributed by atoms with Crippen LogP contribution in [-0.2, 0) is 14.6 Å². The van der Waals surface area contributed by atoms with Crippen LogP contribution in [-0.4, -0.2) is 31.7 Å². The van der Waals surface area contributed by atoms with Gasteiger partial charge in [-0.1, -0.05) is 19.8 Å². The van der Waals surface area contributed by atoms with E-state index >= 15 is 0 Å². The number of nitrogens with one attached hydrogen (secondary N) is 1. The Balaban J connectivity index is 2.22. The number of benzene rings is 1. The van der Waals surface area contributed by atoms with Gasteiger partial charge in [0.05, 0.1) is 16.2 Å². The first-order valence-corrected chi connectivity index (χ1v) is 10.4. The molecule has 2 rings (SSSR count). The van der Waals surface area contributed by atoms with Crippen LogP contribution in [0, 0.1) is 5.92 Å². The lowest BCUT2D eigenvalue weighted by molar-refractivity contribution is -0.114. The molecule has 2 atom stereocenters. The van der Waals surface area contributed by atoms with Crippen LogP contribution >= 0.6 is 0 Å². The van der Waals surface area contributed by atoms with E-state index in [1.165, 1.54) is 6.20 Å². The normalized spacial score (nSPS) is 21.7. The third kappa shape index (κ3) is 5.49. The number of carbonyl (C=O) groups is 1. The quantitative estimate of drug-likeness (QED) is 0.362. The van der Waals surface area contributed by atoms with E-state index in [4.69, 9.17) is 11.5 Å². The van der Waals surface area contributed by atoms with E-state index in [1.807, 2.05) is 0 Å². The van der Waals surface area contributed by atoms with Crippen molar-refractivity contribution in [1.82, 2.24) is 5.32 Å². The molecule has 7 nitrogen and oxygen atoms in total. The van der Waals surface area contributed by atoms with Crippen molar-refractivity contribution in [3.63, 3.8) is 0 Å². The Kier molecular flexibility index (Phi) is 6.93. The second kappa shape index (κ2) is 8.85. The Morgan fingerprint density at radius 1 is 1.17 bits per heavy atom. The zero-order chi connectivity index (χ0) is 21.8. The number of nitrogens with two attached hydrogens (primary N) is 2. The molecular weight excluding hydrogens is 409 g/mol. The zero-order valence-corrected chi connectivity index (χ0v) is 16.6. The van der Waals surface area contributed by atoms with Gasteiger partial charge in [0.1, 0.15) is 5.84 Å². The number of halogens is 3. The van der Waals surface area contributed by atoms with Gasteiger partial charge in [-0.15, -0.1) is 0 Å². The minimum absolute atomic E-state index is 0.0711. The van der Waals surface area contributed by atoms with Crippen LogP contribution in [0.15, 0.2) is 45.9 Å². The van der Waals surface area contributed by atoms with E-state index in [9.17, 15) is 26.4 Å². The summed E-state index contributed by atoms with van der Waals surface area (Å²) in [7, 11) is -5.45. The van der Waals surface area contributed by atoms with Gasteiger partial charge < -0.3 is 16.8 Å². The van der Waals surface area contributed by atoms with E-state index < -0.39 is 26.1 Å². The number of carbonyl (C=O) groups excluding carboxylic acids is 1. The summed E-state index contributed by atoms with van der Waals surface area (Å²) in [6, 6.07) is 3.81. The highest BCUT2D eigenvalue weighted by atomic mass is 32.2. The highest BCUT2D eigenvalue weighted by Gasteiger charge is 2.46. The Hall–Kier alpha value is -2.56. The summed E-state index contributed by atoms with van der Waals surface area (Å²) in [6.45, 7) is 2.10. The van der Waals surface area contributed by atoms with Crippen molar-refractivity contribution < 1.29 is 26.4 Å². The van der Waals surface area contributed by atoms with Crippen molar-refractivity contribution in [3.05, 3.63) is 36.0 Å². The molecular formula is C18H23F3N4O3S. The highest BCUT2D eigenvalue weighted by Crippen LogP contribution is 2.31. The number of aliphatic imine (C=N–C) groups is 1. The fourth-order valence-electron chi connectivity index (χ4n) is 3.06. The van der Waals surface area contributed by atoms with E-state index in [0.717, 1.165) is 49.9 Å². The summed E-state index contributed by atoms with van der Waals surface area (Å²) in [4.78, 5) is 14.8. The minimum atomic E-state index is -5.45. The molecule has 1 aromatic rings. The van der Waals surface area contributed by atoms with Crippen LogP contribution in [0.1, 0.15) is 32.6 Å². The van der Waals surface area contributed by atoms with Crippen LogP contribution in [0.3, 0.4) is 0 Å². The number of amides is 1. The molecule has 29 heavy (non-hydrogen) atoms. The number of hydrogen-bond donors (Lipinski definition) is 3. The fraction of sp³-hybridized carbons (Fsp3) is 0.444. The summed E-state index contributed by atoms with van der Waals surface area (Å²) in [5.41, 5.74) is 5.79. The lowest BCUT2D eigenvalue weighted by atomic mass is 9.86. The molecule has 1 aliphatic rings. The Bertz CT molecular complexity index is 909. The Morgan fingerprint density at radius 2 is 1.76 bits per heavy atom. The molecule has 1 fully saturated rings. The number of alkyl halides is 3. The van der Waals surface area contributed by atoms with Crippen molar-refractivity contribution in [2.24, 2.45) is 22.4 Å². The molecule has 11 heteroatoms. The predicted octanol–water partition coefficient (Wildman–Crippen LogP) is 2.51. The molecule has 0 aliphatic heterocycles. The number of sulfone groups is 1. The summed E-state index contributed by atoms with van der Waals surface area (Å²) < 4.78 is 60.5. The van der Waals surface area contributed by atoms with Crippen molar-refractivity contribution in [3.8, 4) is 0 Å². The SMILES string of the molecule is C[C@H]1CCCC[C@@H]1N/C=C(/C(N)=O)C(N)=Nc1ccc(S(=O)(=O)C(F)(F)F)cc1. The number of primary amides is 1. The van der Waals surface area contributed by atoms with Crippen LogP contribution in [0.25, 0.3) is 0 Å². The smallest absolute Gasteiger partial charge is 0.387 e. The van der Waals surface area contributed by atoms with Gasteiger partial charge in [0.25, 0.3) is 15.7 Å². The maximum Gasteiger partial charge on any atom is 0.501 e. The zero-order valence-electron chi connectivity index (χ0n) is 15.7. The van der Waals surface area contributed by atoms with Gasteiger partial charge in [-0.3, -0.25) is 4.79 Å². The standard InChI is InChI=1S/C18H23F3N4O3S/c1-11-4-2-3-5-15(11)24-10-14(17(23)26)16(22)25-12-6-8-13(9-7-12)29(27,28)18(19,20)21/h6-11,15,24H,2-5H2,1H3,(H2,22,25)(H2,23,26)/b14-10+/t11-,15-/m0/s1. The van der Waals surface area contributed by atoms with Gasteiger partial charge in [0, 0.05) is 12.2 Å². The molecule has 1 saturated carbocycles. The average molecular weight is 432 g/mol. The lowest BCUT2D eigenvalue weighted by Gasteiger charge is -2.29. The number of hydrogen-bond acceptors (Lipinski definition) is 5. The van der Waals surface area contributed by atoms with Crippen molar-refractivity contribution in [2.75, 3.05) is 0 Å². The third-order valence-electron chi connectivity index (χ3n) is 4.80. The molecule has 1 aliphatic carbocycles. The first-order valence-electron chi connectivity index (χ1n) is 8.95. The van der Waals surface area contributed by atoms with Gasteiger partial charge in [0.15, 0.2) is 0 Å². The monoisotopic (exact) mass is 432 g/mol. The van der Waals surface area contributed by atoms with E-state index in [-0.39, 0.29) is 23.1 Å². The number of nitrogens with zero attached hydrogens (tertiary/aromatic N) is 1. The van der Waals surface area contributed by atoms with E-state index in [2.05, 4.69) is 17.2 Å². The summed E-state index contributed by atoms with van der Waals surface area (Å²) in [6.07, 6.45) is 5.62. The molecule has 0 heterocycles. The molecule has 1 aromatic carbocycles. The number of amidine groups is 1. The van der Waals surface area contributed by atoms with Gasteiger partial charge in [0.2, 0.25) is 0 Å². The molecule has 1 amide bonds. The van der Waals surface area contributed by atoms with Crippen molar-refractivity contribution in [1.29, 1.82) is 0 Å². The van der Waals surface area contributed by atoms with Crippen LogP contribution in [0.4, 0.5) is 18.9 Å². The maximum absolute atomic E-state index is 12.6. The van der Waals surface area contributed by atoms with Gasteiger partial charge in [-0.25, -0.2) is 13.4 Å². The van der Waals surface area contributed by atoms with Crippen LogP contribution in [0.2, 0.25) is 0 Å². The summed E-state index contributed by atoms with van der Waals surface area (Å²) in [5.74, 6) is -0.645. The molecule has 5 N–H and O–H groups in total. The second-order valence-corrected chi connectivity index (χ2v) is 8.84. The molecule has 0 unspecified atom stereocenters. The topological polar surface area (TPSA) is 128 Å². The largest absolute Gasteiger partial charge is 0.501 e. The Labute approximate surface area is 167 Å². The first-order chi connectivity index (χ1) is 13.4. The highest BCUT2D eigenvalue weighted by molar-refractivity contribution is 7.92.